The summed E-state index contributed by atoms with van der Waals surface area (Å²) < 4.78 is 5.62. The molecule has 1 N–H and O–H groups in total. The monoisotopic (exact) mass is 482 g/mol. The van der Waals surface area contributed by atoms with Crippen molar-refractivity contribution in [3.63, 3.8) is 0 Å². The minimum Gasteiger partial charge on any atom is -0.497 e. The smallest absolute Gasteiger partial charge is 0.205 e. The number of hydrogen-bond donors (Lipinski definition) is 1. The minimum absolute atomic E-state index is 0.154. The number of guanidine groups is 1. The van der Waals surface area contributed by atoms with Crippen LogP contribution in [-0.2, 0) is 11.3 Å². The Morgan fingerprint density at radius 3 is 2.61 bits per heavy atom. The molecule has 9 heteroatoms. The molecule has 33 heavy (non-hydrogen) atoms. The van der Waals surface area contributed by atoms with Gasteiger partial charge in [-0.1, -0.05) is 54.1 Å². The number of benzene rings is 2. The van der Waals surface area contributed by atoms with Gasteiger partial charge in [-0.05, 0) is 23.3 Å². The van der Waals surface area contributed by atoms with Crippen LogP contribution < -0.4 is 4.74 Å². The number of carbonyl (C=O) groups is 1. The van der Waals surface area contributed by atoms with Gasteiger partial charge in [0.05, 0.1) is 30.1 Å². The van der Waals surface area contributed by atoms with Gasteiger partial charge in [-0.2, -0.15) is 0 Å². The number of aldehydes is 1. The van der Waals surface area contributed by atoms with Crippen LogP contribution in [0.4, 0.5) is 0 Å². The lowest BCUT2D eigenvalue weighted by atomic mass is 10.1. The van der Waals surface area contributed by atoms with E-state index in [0.717, 1.165) is 10.4 Å². The summed E-state index contributed by atoms with van der Waals surface area (Å²) in [5.41, 5.74) is 1.76. The lowest BCUT2D eigenvalue weighted by molar-refractivity contribution is -0.103. The third-order valence-corrected chi connectivity index (χ3v) is 6.59. The van der Waals surface area contributed by atoms with E-state index in [2.05, 4.69) is 4.98 Å². The summed E-state index contributed by atoms with van der Waals surface area (Å²) in [5, 5.41) is 11.4. The van der Waals surface area contributed by atoms with Gasteiger partial charge in [0.25, 0.3) is 0 Å². The molecule has 1 aromatic heterocycles. The molecule has 1 fully saturated rings. The zero-order chi connectivity index (χ0) is 23.4. The first-order valence-electron chi connectivity index (χ1n) is 10.2. The third kappa shape index (κ3) is 4.86. The summed E-state index contributed by atoms with van der Waals surface area (Å²) in [6.07, 6.45) is 2.35. The normalized spacial score (nSPS) is 17.9. The maximum atomic E-state index is 12.1. The Morgan fingerprint density at radius 2 is 2.00 bits per heavy atom. The van der Waals surface area contributed by atoms with E-state index in [1.165, 1.54) is 11.3 Å². The molecule has 0 aliphatic carbocycles. The topological polar surface area (TPSA) is 78.3 Å². The van der Waals surface area contributed by atoms with Crippen LogP contribution in [0.15, 0.2) is 71.7 Å². The van der Waals surface area contributed by atoms with Crippen molar-refractivity contribution in [2.24, 2.45) is 4.99 Å². The Morgan fingerprint density at radius 1 is 1.27 bits per heavy atom. The molecule has 0 amide bonds. The molecule has 3 aromatic rings. The van der Waals surface area contributed by atoms with Gasteiger partial charge < -0.3 is 14.7 Å². The predicted molar refractivity (Wildman–Crippen MR) is 131 cm³/mol. The molecule has 0 radical (unpaired) electrons. The van der Waals surface area contributed by atoms with Crippen molar-refractivity contribution in [2.45, 2.75) is 12.6 Å². The minimum atomic E-state index is -0.303. The average molecular weight is 483 g/mol. The molecular weight excluding hydrogens is 460 g/mol. The van der Waals surface area contributed by atoms with Crippen LogP contribution >= 0.6 is 22.9 Å². The van der Waals surface area contributed by atoms with E-state index in [4.69, 9.17) is 21.3 Å². The van der Waals surface area contributed by atoms with Crippen LogP contribution in [0.5, 0.6) is 5.75 Å². The lowest BCUT2D eigenvalue weighted by Gasteiger charge is -2.25. The van der Waals surface area contributed by atoms with Crippen molar-refractivity contribution in [3.05, 3.63) is 87.1 Å². The van der Waals surface area contributed by atoms with E-state index in [0.29, 0.717) is 41.1 Å². The van der Waals surface area contributed by atoms with E-state index in [-0.39, 0.29) is 17.5 Å². The zero-order valence-corrected chi connectivity index (χ0v) is 19.8. The Hall–Kier alpha value is -3.36. The van der Waals surface area contributed by atoms with Crippen LogP contribution in [0.25, 0.3) is 5.57 Å². The number of aliphatic hydroxyl groups is 1. The number of aromatic nitrogens is 1. The number of aliphatic imine (C=N–C) groups is 1. The van der Waals surface area contributed by atoms with Crippen molar-refractivity contribution in [2.75, 3.05) is 20.7 Å². The molecule has 1 saturated heterocycles. The fourth-order valence-corrected chi connectivity index (χ4v) is 4.75. The number of nitrogens with zero attached hydrogens (tertiary/aromatic N) is 4. The molecule has 0 saturated carbocycles. The molecule has 1 aliphatic heterocycles. The Bertz CT molecular complexity index is 1180. The van der Waals surface area contributed by atoms with E-state index >= 15 is 0 Å². The van der Waals surface area contributed by atoms with Gasteiger partial charge in [0.1, 0.15) is 5.75 Å². The molecule has 4 rings (SSSR count). The number of aliphatic hydroxyl groups excluding tert-OH is 1. The van der Waals surface area contributed by atoms with Crippen LogP contribution in [0, 0.1) is 0 Å². The number of likely N-dealkylation sites (N-methyl/N-ethyl adjacent to an activating group) is 1. The number of methoxy groups -OCH3 is 1. The number of thiazole rings is 1. The number of ether oxygens (including phenoxy) is 1. The Kier molecular flexibility index (Phi) is 6.96. The highest BCUT2D eigenvalue weighted by Gasteiger charge is 2.39. The summed E-state index contributed by atoms with van der Waals surface area (Å²) in [5.74, 6) is 1.03. The van der Waals surface area contributed by atoms with Crippen molar-refractivity contribution < 1.29 is 14.6 Å². The number of rotatable bonds is 7. The summed E-state index contributed by atoms with van der Waals surface area (Å²) in [6.45, 7) is 0.977. The fraction of sp³-hybridized carbons (Fsp3) is 0.208. The summed E-state index contributed by atoms with van der Waals surface area (Å²) in [4.78, 5) is 25.6. The number of allylic oxidation sites excluding steroid dienone is 1. The zero-order valence-electron chi connectivity index (χ0n) is 18.2. The number of hydrogen-bond acceptors (Lipinski definition) is 6. The first-order valence-corrected chi connectivity index (χ1v) is 11.4. The lowest BCUT2D eigenvalue weighted by Crippen LogP contribution is -2.32. The predicted octanol–water partition coefficient (Wildman–Crippen LogP) is 4.78. The SMILES string of the molecule is COc1ccc(/C(C=O)=C(\O)N2/C(=N/Cc3ccccc3)N(C)CC2c2cnc(Cl)s2)cc1. The molecule has 0 bridgehead atoms. The van der Waals surface area contributed by atoms with Gasteiger partial charge in [-0.25, -0.2) is 9.98 Å². The molecule has 2 heterocycles. The number of halogens is 1. The van der Waals surface area contributed by atoms with E-state index in [1.54, 1.807) is 42.5 Å². The Labute approximate surface area is 201 Å². The molecule has 170 valence electrons. The number of carbonyl (C=O) groups excluding carboxylic acids is 1. The van der Waals surface area contributed by atoms with Crippen molar-refractivity contribution >= 4 is 40.8 Å². The second-order valence-electron chi connectivity index (χ2n) is 7.47. The average Bonchev–Trinajstić information content (AvgIpc) is 3.41. The standard InChI is InChI=1S/C24H23ClN4O3S/c1-28-14-20(21-13-26-23(25)33-21)29(24(28)27-12-16-6-4-3-5-7-16)22(31)19(15-30)17-8-10-18(32-2)11-9-17/h3-11,13,15,20,31H,12,14H2,1-2H3/b22-19-,27-24+. The van der Waals surface area contributed by atoms with E-state index in [9.17, 15) is 9.90 Å². The highest BCUT2D eigenvalue weighted by atomic mass is 35.5. The molecular formula is C24H23ClN4O3S. The molecule has 1 aliphatic rings. The van der Waals surface area contributed by atoms with E-state index < -0.39 is 0 Å². The molecule has 1 unspecified atom stereocenters. The first kappa shape index (κ1) is 22.8. The molecule has 7 nitrogen and oxygen atoms in total. The Balaban J connectivity index is 1.79. The maximum Gasteiger partial charge on any atom is 0.205 e. The fourth-order valence-electron chi connectivity index (χ4n) is 3.72. The summed E-state index contributed by atoms with van der Waals surface area (Å²) >= 11 is 7.43. The maximum absolute atomic E-state index is 12.1. The highest BCUT2D eigenvalue weighted by molar-refractivity contribution is 7.15. The molecule has 0 spiro atoms. The van der Waals surface area contributed by atoms with Crippen molar-refractivity contribution in [3.8, 4) is 5.75 Å². The van der Waals surface area contributed by atoms with Gasteiger partial charge in [0.15, 0.2) is 10.8 Å². The molecule has 1 atom stereocenters. The van der Waals surface area contributed by atoms with Crippen LogP contribution in [0.1, 0.15) is 22.0 Å². The summed E-state index contributed by atoms with van der Waals surface area (Å²) in [6, 6.07) is 16.5. The van der Waals surface area contributed by atoms with Gasteiger partial charge in [0, 0.05) is 19.8 Å². The highest BCUT2D eigenvalue weighted by Crippen LogP contribution is 2.37. The molecule has 2 aromatic carbocycles. The second kappa shape index (κ2) is 10.1. The van der Waals surface area contributed by atoms with Crippen LogP contribution in [0.3, 0.4) is 0 Å². The second-order valence-corrected chi connectivity index (χ2v) is 9.11. The first-order chi connectivity index (χ1) is 16.0. The third-order valence-electron chi connectivity index (χ3n) is 5.37. The quantitative estimate of drug-likeness (QED) is 0.297. The van der Waals surface area contributed by atoms with Gasteiger partial charge in [0.2, 0.25) is 11.8 Å². The van der Waals surface area contributed by atoms with Gasteiger partial charge >= 0.3 is 0 Å². The van der Waals surface area contributed by atoms with Gasteiger partial charge in [-0.3, -0.25) is 9.69 Å². The van der Waals surface area contributed by atoms with E-state index in [1.807, 2.05) is 42.3 Å². The van der Waals surface area contributed by atoms with Crippen LogP contribution in [-0.4, -0.2) is 52.8 Å². The largest absolute Gasteiger partial charge is 0.497 e. The summed E-state index contributed by atoms with van der Waals surface area (Å²) in [7, 11) is 3.48. The van der Waals surface area contributed by atoms with Crippen LogP contribution in [0.2, 0.25) is 4.47 Å². The van der Waals surface area contributed by atoms with Gasteiger partial charge in [-0.15, -0.1) is 11.3 Å². The van der Waals surface area contributed by atoms with Crippen molar-refractivity contribution in [1.29, 1.82) is 0 Å². The van der Waals surface area contributed by atoms with Crippen molar-refractivity contribution in [1.82, 2.24) is 14.8 Å².